The standard InChI is InChI=1S/C13H17N3OS/c1-2-11-12(18-15-14-11)13(17)16-7-9-5-3-4-6-10(9)8-16/h3-4,9-10H,2,5-8H2,1H3/t9-,10+. The molecule has 2 aliphatic rings. The molecular weight excluding hydrogens is 246 g/mol. The summed E-state index contributed by atoms with van der Waals surface area (Å²) >= 11 is 1.23. The van der Waals surface area contributed by atoms with E-state index < -0.39 is 0 Å². The van der Waals surface area contributed by atoms with Gasteiger partial charge in [0.1, 0.15) is 4.88 Å². The number of carbonyl (C=O) groups is 1. The third-order valence-electron chi connectivity index (χ3n) is 3.99. The molecule has 4 nitrogen and oxygen atoms in total. The average Bonchev–Trinajstić information content (AvgIpc) is 3.03. The van der Waals surface area contributed by atoms with Gasteiger partial charge in [-0.15, -0.1) is 5.10 Å². The fourth-order valence-electron chi connectivity index (χ4n) is 2.93. The number of fused-ring (bicyclic) bond motifs is 1. The van der Waals surface area contributed by atoms with Gasteiger partial charge in [0.15, 0.2) is 0 Å². The Bertz CT molecular complexity index is 466. The van der Waals surface area contributed by atoms with E-state index >= 15 is 0 Å². The van der Waals surface area contributed by atoms with Gasteiger partial charge in [-0.1, -0.05) is 23.6 Å². The third kappa shape index (κ3) is 1.96. The zero-order valence-electron chi connectivity index (χ0n) is 10.5. The normalized spacial score (nSPS) is 26.4. The minimum Gasteiger partial charge on any atom is -0.337 e. The molecule has 2 heterocycles. The molecule has 0 aromatic carbocycles. The molecule has 2 atom stereocenters. The van der Waals surface area contributed by atoms with Crippen LogP contribution in [0.15, 0.2) is 12.2 Å². The molecule has 1 fully saturated rings. The smallest absolute Gasteiger partial charge is 0.267 e. The molecule has 1 amide bonds. The molecule has 0 N–H and O–H groups in total. The first kappa shape index (κ1) is 11.8. The Morgan fingerprint density at radius 2 is 2.06 bits per heavy atom. The summed E-state index contributed by atoms with van der Waals surface area (Å²) in [5, 5.41) is 4.03. The van der Waals surface area contributed by atoms with E-state index in [4.69, 9.17) is 0 Å². The Kier molecular flexibility index (Phi) is 3.16. The van der Waals surface area contributed by atoms with Crippen molar-refractivity contribution in [1.29, 1.82) is 0 Å². The van der Waals surface area contributed by atoms with Crippen LogP contribution in [0.5, 0.6) is 0 Å². The van der Waals surface area contributed by atoms with Crippen LogP contribution in [0.4, 0.5) is 0 Å². The maximum Gasteiger partial charge on any atom is 0.267 e. The zero-order valence-corrected chi connectivity index (χ0v) is 11.3. The van der Waals surface area contributed by atoms with Gasteiger partial charge in [-0.05, 0) is 42.6 Å². The highest BCUT2D eigenvalue weighted by Gasteiger charge is 2.36. The van der Waals surface area contributed by atoms with Crippen LogP contribution in [0.1, 0.15) is 35.1 Å². The summed E-state index contributed by atoms with van der Waals surface area (Å²) in [6, 6.07) is 0. The molecule has 1 aromatic rings. The van der Waals surface area contributed by atoms with E-state index in [1.807, 2.05) is 11.8 Å². The Morgan fingerprint density at radius 3 is 2.67 bits per heavy atom. The number of hydrogen-bond donors (Lipinski definition) is 0. The summed E-state index contributed by atoms with van der Waals surface area (Å²) in [5.74, 6) is 1.45. The average molecular weight is 263 g/mol. The number of carbonyl (C=O) groups excluding carboxylic acids is 1. The summed E-state index contributed by atoms with van der Waals surface area (Å²) < 4.78 is 3.91. The van der Waals surface area contributed by atoms with Gasteiger partial charge in [-0.3, -0.25) is 4.79 Å². The molecule has 0 saturated carbocycles. The SMILES string of the molecule is CCc1nnsc1C(=O)N1C[C@H]2CC=CC[C@H]2C1. The summed E-state index contributed by atoms with van der Waals surface area (Å²) in [5.41, 5.74) is 0.845. The van der Waals surface area contributed by atoms with Crippen LogP contribution in [0.3, 0.4) is 0 Å². The zero-order chi connectivity index (χ0) is 12.5. The molecule has 3 rings (SSSR count). The van der Waals surface area contributed by atoms with Crippen molar-refractivity contribution in [3.63, 3.8) is 0 Å². The van der Waals surface area contributed by atoms with E-state index in [2.05, 4.69) is 21.7 Å². The number of nitrogens with zero attached hydrogens (tertiary/aromatic N) is 3. The van der Waals surface area contributed by atoms with E-state index in [-0.39, 0.29) is 5.91 Å². The fraction of sp³-hybridized carbons (Fsp3) is 0.615. The molecule has 0 unspecified atom stereocenters. The number of hydrogen-bond acceptors (Lipinski definition) is 4. The molecule has 18 heavy (non-hydrogen) atoms. The second-order valence-corrected chi connectivity index (χ2v) is 5.83. The van der Waals surface area contributed by atoms with Crippen LogP contribution in [-0.2, 0) is 6.42 Å². The Morgan fingerprint density at radius 1 is 1.39 bits per heavy atom. The van der Waals surface area contributed by atoms with Gasteiger partial charge in [-0.2, -0.15) is 0 Å². The van der Waals surface area contributed by atoms with Crippen molar-refractivity contribution in [3.05, 3.63) is 22.7 Å². The van der Waals surface area contributed by atoms with Gasteiger partial charge >= 0.3 is 0 Å². The summed E-state index contributed by atoms with van der Waals surface area (Å²) in [6.07, 6.45) is 7.52. The van der Waals surface area contributed by atoms with E-state index in [0.717, 1.165) is 42.9 Å². The van der Waals surface area contributed by atoms with Crippen molar-refractivity contribution in [2.75, 3.05) is 13.1 Å². The van der Waals surface area contributed by atoms with Crippen LogP contribution in [0, 0.1) is 11.8 Å². The van der Waals surface area contributed by atoms with E-state index in [9.17, 15) is 4.79 Å². The van der Waals surface area contributed by atoms with Crippen molar-refractivity contribution >= 4 is 17.4 Å². The number of rotatable bonds is 2. The molecule has 96 valence electrons. The quantitative estimate of drug-likeness (QED) is 0.768. The molecule has 0 spiro atoms. The third-order valence-corrected chi connectivity index (χ3v) is 4.75. The van der Waals surface area contributed by atoms with E-state index in [1.54, 1.807) is 0 Å². The van der Waals surface area contributed by atoms with Gasteiger partial charge < -0.3 is 4.90 Å². The maximum atomic E-state index is 12.5. The topological polar surface area (TPSA) is 46.1 Å². The first-order valence-electron chi connectivity index (χ1n) is 6.55. The number of amides is 1. The highest BCUT2D eigenvalue weighted by Crippen LogP contribution is 2.33. The van der Waals surface area contributed by atoms with Crippen molar-refractivity contribution < 1.29 is 4.79 Å². The Labute approximate surface area is 111 Å². The number of allylic oxidation sites excluding steroid dienone is 2. The molecule has 1 aromatic heterocycles. The first-order valence-corrected chi connectivity index (χ1v) is 7.32. The second-order valence-electron chi connectivity index (χ2n) is 5.08. The number of aromatic nitrogens is 2. The Hall–Kier alpha value is -1.23. The van der Waals surface area contributed by atoms with Crippen LogP contribution in [-0.4, -0.2) is 33.5 Å². The van der Waals surface area contributed by atoms with Gasteiger partial charge in [0.25, 0.3) is 5.91 Å². The summed E-state index contributed by atoms with van der Waals surface area (Å²) in [6.45, 7) is 3.81. The lowest BCUT2D eigenvalue weighted by atomic mass is 9.86. The van der Waals surface area contributed by atoms with Crippen LogP contribution < -0.4 is 0 Å². The number of likely N-dealkylation sites (tertiary alicyclic amines) is 1. The lowest BCUT2D eigenvalue weighted by molar-refractivity contribution is 0.0787. The molecule has 1 saturated heterocycles. The molecule has 0 bridgehead atoms. The van der Waals surface area contributed by atoms with Crippen molar-refractivity contribution in [3.8, 4) is 0 Å². The minimum absolute atomic E-state index is 0.135. The highest BCUT2D eigenvalue weighted by molar-refractivity contribution is 7.08. The van der Waals surface area contributed by atoms with Crippen LogP contribution in [0.2, 0.25) is 0 Å². The monoisotopic (exact) mass is 263 g/mol. The minimum atomic E-state index is 0.135. The predicted octanol–water partition coefficient (Wildman–Crippen LogP) is 2.14. The summed E-state index contributed by atoms with van der Waals surface area (Å²) in [7, 11) is 0. The molecule has 5 heteroatoms. The molecule has 0 radical (unpaired) electrons. The van der Waals surface area contributed by atoms with Crippen LogP contribution in [0.25, 0.3) is 0 Å². The fourth-order valence-corrected chi connectivity index (χ4v) is 3.65. The van der Waals surface area contributed by atoms with Crippen molar-refractivity contribution in [2.45, 2.75) is 26.2 Å². The van der Waals surface area contributed by atoms with Crippen molar-refractivity contribution in [2.24, 2.45) is 11.8 Å². The number of aryl methyl sites for hydroxylation is 1. The van der Waals surface area contributed by atoms with Crippen molar-refractivity contribution in [1.82, 2.24) is 14.5 Å². The van der Waals surface area contributed by atoms with Gasteiger partial charge in [0, 0.05) is 13.1 Å². The lowest BCUT2D eigenvalue weighted by Crippen LogP contribution is -2.29. The van der Waals surface area contributed by atoms with E-state index in [0.29, 0.717) is 11.8 Å². The molecular formula is C13H17N3OS. The van der Waals surface area contributed by atoms with Gasteiger partial charge in [0.05, 0.1) is 5.69 Å². The first-order chi connectivity index (χ1) is 8.79. The highest BCUT2D eigenvalue weighted by atomic mass is 32.1. The predicted molar refractivity (Wildman–Crippen MR) is 70.5 cm³/mol. The lowest BCUT2D eigenvalue weighted by Gasteiger charge is -2.17. The van der Waals surface area contributed by atoms with E-state index in [1.165, 1.54) is 11.5 Å². The summed E-state index contributed by atoms with van der Waals surface area (Å²) in [4.78, 5) is 15.2. The Balaban J connectivity index is 1.75. The van der Waals surface area contributed by atoms with Gasteiger partial charge in [-0.25, -0.2) is 0 Å². The molecule has 1 aliphatic heterocycles. The molecule has 1 aliphatic carbocycles. The largest absolute Gasteiger partial charge is 0.337 e. The van der Waals surface area contributed by atoms with Crippen LogP contribution >= 0.6 is 11.5 Å². The van der Waals surface area contributed by atoms with Gasteiger partial charge in [0.2, 0.25) is 0 Å². The second kappa shape index (κ2) is 4.80. The maximum absolute atomic E-state index is 12.5.